The second-order valence-electron chi connectivity index (χ2n) is 5.42. The lowest BCUT2D eigenvalue weighted by Crippen LogP contribution is -2.39. The number of halogens is 1. The Bertz CT molecular complexity index is 409. The molecule has 0 heterocycles. The number of carbonyl (C=O) groups is 1. The van der Waals surface area contributed by atoms with E-state index in [-0.39, 0.29) is 4.83 Å². The van der Waals surface area contributed by atoms with E-state index in [2.05, 4.69) is 29.8 Å². The van der Waals surface area contributed by atoms with Gasteiger partial charge in [-0.25, -0.2) is 0 Å². The summed E-state index contributed by atoms with van der Waals surface area (Å²) in [5.41, 5.74) is 1.20. The first kappa shape index (κ1) is 15.2. The van der Waals surface area contributed by atoms with E-state index in [9.17, 15) is 9.90 Å². The number of carboxylic acids is 1. The summed E-state index contributed by atoms with van der Waals surface area (Å²) in [6.45, 7) is 7.98. The standard InChI is InChI=1S/C15H21BrO2/c1-10(2)9-12-5-7-13(8-6-12)15(4,11(3)16)14(17)18/h5-8,10-11H,9H2,1-4H3,(H,17,18). The van der Waals surface area contributed by atoms with Crippen LogP contribution in [0.4, 0.5) is 0 Å². The molecule has 18 heavy (non-hydrogen) atoms. The van der Waals surface area contributed by atoms with E-state index < -0.39 is 11.4 Å². The first-order chi connectivity index (χ1) is 8.28. The lowest BCUT2D eigenvalue weighted by molar-refractivity contribution is -0.143. The summed E-state index contributed by atoms with van der Waals surface area (Å²) in [6, 6.07) is 7.94. The number of carboxylic acid groups (broad SMARTS) is 1. The van der Waals surface area contributed by atoms with E-state index in [1.54, 1.807) is 6.92 Å². The minimum atomic E-state index is -0.892. The minimum absolute atomic E-state index is 0.126. The molecule has 1 N–H and O–H groups in total. The van der Waals surface area contributed by atoms with Crippen molar-refractivity contribution in [3.05, 3.63) is 35.4 Å². The smallest absolute Gasteiger partial charge is 0.314 e. The molecule has 1 rings (SSSR count). The molecule has 2 nitrogen and oxygen atoms in total. The molecule has 1 aromatic rings. The van der Waals surface area contributed by atoms with Crippen LogP contribution < -0.4 is 0 Å². The maximum absolute atomic E-state index is 11.5. The molecule has 0 saturated heterocycles. The van der Waals surface area contributed by atoms with Gasteiger partial charge in [-0.15, -0.1) is 0 Å². The zero-order valence-electron chi connectivity index (χ0n) is 11.4. The molecule has 0 fully saturated rings. The van der Waals surface area contributed by atoms with Gasteiger partial charge in [0.25, 0.3) is 0 Å². The third-order valence-corrected chi connectivity index (χ3v) is 4.35. The van der Waals surface area contributed by atoms with E-state index in [1.807, 2.05) is 31.2 Å². The Balaban J connectivity index is 3.06. The Labute approximate surface area is 118 Å². The Hall–Kier alpha value is -0.830. The molecule has 3 heteroatoms. The SMILES string of the molecule is CC(C)Cc1ccc(C(C)(C(=O)O)C(C)Br)cc1. The predicted octanol–water partition coefficient (Wildman–Crippen LogP) is 4.01. The molecule has 0 bridgehead atoms. The van der Waals surface area contributed by atoms with E-state index in [0.717, 1.165) is 12.0 Å². The van der Waals surface area contributed by atoms with Gasteiger partial charge in [-0.2, -0.15) is 0 Å². The van der Waals surface area contributed by atoms with Crippen LogP contribution in [0, 0.1) is 5.92 Å². The molecule has 0 spiro atoms. The molecule has 2 atom stereocenters. The van der Waals surface area contributed by atoms with Crippen LogP contribution in [-0.4, -0.2) is 15.9 Å². The molecule has 0 aromatic heterocycles. The van der Waals surface area contributed by atoms with Crippen molar-refractivity contribution in [2.24, 2.45) is 5.92 Å². The number of aliphatic carboxylic acids is 1. The van der Waals surface area contributed by atoms with Crippen LogP contribution in [0.25, 0.3) is 0 Å². The van der Waals surface area contributed by atoms with Crippen LogP contribution in [0.5, 0.6) is 0 Å². The Morgan fingerprint density at radius 3 is 2.11 bits per heavy atom. The van der Waals surface area contributed by atoms with Crippen molar-refractivity contribution < 1.29 is 9.90 Å². The average Bonchev–Trinajstić information content (AvgIpc) is 2.27. The average molecular weight is 313 g/mol. The topological polar surface area (TPSA) is 37.3 Å². The second kappa shape index (κ2) is 5.87. The summed E-state index contributed by atoms with van der Waals surface area (Å²) >= 11 is 3.41. The fraction of sp³-hybridized carbons (Fsp3) is 0.533. The largest absolute Gasteiger partial charge is 0.481 e. The van der Waals surface area contributed by atoms with Crippen LogP contribution in [0.2, 0.25) is 0 Å². The number of hydrogen-bond donors (Lipinski definition) is 1. The predicted molar refractivity (Wildman–Crippen MR) is 78.4 cm³/mol. The lowest BCUT2D eigenvalue weighted by Gasteiger charge is -2.28. The third-order valence-electron chi connectivity index (χ3n) is 3.44. The molecule has 0 aliphatic rings. The molecule has 100 valence electrons. The van der Waals surface area contributed by atoms with Crippen LogP contribution in [0.15, 0.2) is 24.3 Å². The van der Waals surface area contributed by atoms with Crippen molar-refractivity contribution in [3.63, 3.8) is 0 Å². The fourth-order valence-corrected chi connectivity index (χ4v) is 2.44. The van der Waals surface area contributed by atoms with Gasteiger partial charge in [-0.3, -0.25) is 4.79 Å². The summed E-state index contributed by atoms with van der Waals surface area (Å²) in [7, 11) is 0. The Kier molecular flexibility index (Phi) is 4.97. The number of alkyl halides is 1. The molecule has 0 radical (unpaired) electrons. The van der Waals surface area contributed by atoms with Gasteiger partial charge in [0.2, 0.25) is 0 Å². The second-order valence-corrected chi connectivity index (χ2v) is 6.79. The highest BCUT2D eigenvalue weighted by atomic mass is 79.9. The van der Waals surface area contributed by atoms with E-state index >= 15 is 0 Å². The van der Waals surface area contributed by atoms with Crippen molar-refractivity contribution >= 4 is 21.9 Å². The maximum Gasteiger partial charge on any atom is 0.314 e. The van der Waals surface area contributed by atoms with Gasteiger partial charge in [0.15, 0.2) is 0 Å². The third kappa shape index (κ3) is 3.14. The Morgan fingerprint density at radius 1 is 1.28 bits per heavy atom. The Morgan fingerprint density at radius 2 is 1.78 bits per heavy atom. The van der Waals surface area contributed by atoms with Crippen molar-refractivity contribution in [1.29, 1.82) is 0 Å². The van der Waals surface area contributed by atoms with E-state index in [0.29, 0.717) is 5.92 Å². The van der Waals surface area contributed by atoms with Crippen LogP contribution in [0.3, 0.4) is 0 Å². The van der Waals surface area contributed by atoms with E-state index in [4.69, 9.17) is 0 Å². The number of benzene rings is 1. The van der Waals surface area contributed by atoms with Crippen LogP contribution in [-0.2, 0) is 16.6 Å². The fourth-order valence-electron chi connectivity index (χ4n) is 1.98. The molecule has 0 saturated carbocycles. The van der Waals surface area contributed by atoms with Crippen LogP contribution >= 0.6 is 15.9 Å². The summed E-state index contributed by atoms with van der Waals surface area (Å²) in [5, 5.41) is 9.44. The number of rotatable bonds is 5. The first-order valence-electron chi connectivity index (χ1n) is 6.25. The monoisotopic (exact) mass is 312 g/mol. The van der Waals surface area contributed by atoms with Crippen molar-refractivity contribution in [1.82, 2.24) is 0 Å². The van der Waals surface area contributed by atoms with Crippen molar-refractivity contribution in [2.75, 3.05) is 0 Å². The van der Waals surface area contributed by atoms with Crippen molar-refractivity contribution in [3.8, 4) is 0 Å². The summed E-state index contributed by atoms with van der Waals surface area (Å²) in [4.78, 5) is 11.4. The highest BCUT2D eigenvalue weighted by molar-refractivity contribution is 9.09. The van der Waals surface area contributed by atoms with Crippen LogP contribution in [0.1, 0.15) is 38.8 Å². The van der Waals surface area contributed by atoms with Gasteiger partial charge in [-0.1, -0.05) is 61.0 Å². The van der Waals surface area contributed by atoms with Gasteiger partial charge < -0.3 is 5.11 Å². The highest BCUT2D eigenvalue weighted by Crippen LogP contribution is 2.32. The highest BCUT2D eigenvalue weighted by Gasteiger charge is 2.39. The molecule has 0 aliphatic heterocycles. The maximum atomic E-state index is 11.5. The summed E-state index contributed by atoms with van der Waals surface area (Å²) in [5.74, 6) is -0.194. The summed E-state index contributed by atoms with van der Waals surface area (Å²) < 4.78 is 0. The molecule has 0 aliphatic carbocycles. The first-order valence-corrected chi connectivity index (χ1v) is 7.17. The normalized spacial score (nSPS) is 16.3. The zero-order valence-corrected chi connectivity index (χ0v) is 13.0. The van der Waals surface area contributed by atoms with Gasteiger partial charge in [0, 0.05) is 4.83 Å². The van der Waals surface area contributed by atoms with Crippen molar-refractivity contribution in [2.45, 2.75) is 44.4 Å². The molecular weight excluding hydrogens is 292 g/mol. The van der Waals surface area contributed by atoms with Gasteiger partial charge >= 0.3 is 5.97 Å². The quantitative estimate of drug-likeness (QED) is 0.834. The molecule has 1 aromatic carbocycles. The summed E-state index contributed by atoms with van der Waals surface area (Å²) in [6.07, 6.45) is 1.02. The molecule has 0 amide bonds. The minimum Gasteiger partial charge on any atom is -0.481 e. The van der Waals surface area contributed by atoms with E-state index in [1.165, 1.54) is 5.56 Å². The van der Waals surface area contributed by atoms with Gasteiger partial charge in [-0.05, 0) is 30.4 Å². The van der Waals surface area contributed by atoms with Gasteiger partial charge in [0.05, 0.1) is 0 Å². The molecular formula is C15H21BrO2. The zero-order chi connectivity index (χ0) is 13.9. The molecule has 2 unspecified atom stereocenters. The van der Waals surface area contributed by atoms with Gasteiger partial charge in [0.1, 0.15) is 5.41 Å². The number of hydrogen-bond acceptors (Lipinski definition) is 1. The lowest BCUT2D eigenvalue weighted by atomic mass is 9.79.